The summed E-state index contributed by atoms with van der Waals surface area (Å²) in [6.07, 6.45) is 2.29. The number of nitrogens with zero attached hydrogens (tertiary/aromatic N) is 1. The van der Waals surface area contributed by atoms with Crippen LogP contribution >= 0.6 is 12.0 Å². The van der Waals surface area contributed by atoms with E-state index in [1.165, 1.54) is 17.7 Å². The number of rotatable bonds is 19. The van der Waals surface area contributed by atoms with Gasteiger partial charge in [0.25, 0.3) is 0 Å². The minimum atomic E-state index is -0.975. The Morgan fingerprint density at radius 3 is 2.19 bits per heavy atom. The van der Waals surface area contributed by atoms with E-state index in [4.69, 9.17) is 18.4 Å². The van der Waals surface area contributed by atoms with E-state index in [2.05, 4.69) is 68.7 Å². The molecule has 2 N–H and O–H groups in total. The monoisotopic (exact) mass is 685 g/mol. The van der Waals surface area contributed by atoms with Crippen LogP contribution in [-0.4, -0.2) is 64.3 Å². The van der Waals surface area contributed by atoms with Gasteiger partial charge >= 0.3 is 5.97 Å². The largest absolute Gasteiger partial charge is 0.491 e. The van der Waals surface area contributed by atoms with Crippen molar-refractivity contribution in [3.63, 3.8) is 0 Å². The van der Waals surface area contributed by atoms with Gasteiger partial charge in [-0.25, -0.2) is 0 Å². The summed E-state index contributed by atoms with van der Waals surface area (Å²) in [6, 6.07) is 18.7. The molecule has 8 nitrogen and oxygen atoms in total. The SMILES string of the molecule is CCCCCn1c(-c2ccccc2)cc2ccc(OCC(O)COSC(C)(C)OCC(O)COC(=O)C(CC(C)(C)C)C(C)(C)C)cc21. The quantitative estimate of drug-likeness (QED) is 0.0560. The molecule has 9 heteroatoms. The minimum Gasteiger partial charge on any atom is -0.491 e. The van der Waals surface area contributed by atoms with Crippen LogP contribution in [0.25, 0.3) is 22.2 Å². The Morgan fingerprint density at radius 1 is 0.854 bits per heavy atom. The summed E-state index contributed by atoms with van der Waals surface area (Å²) in [7, 11) is 0. The zero-order chi connectivity index (χ0) is 35.5. The normalized spacial score (nSPS) is 14.6. The van der Waals surface area contributed by atoms with Gasteiger partial charge in [0, 0.05) is 35.7 Å². The van der Waals surface area contributed by atoms with E-state index in [1.54, 1.807) is 0 Å². The highest BCUT2D eigenvalue weighted by Gasteiger charge is 2.36. The topological polar surface area (TPSA) is 99.4 Å². The Labute approximate surface area is 292 Å². The van der Waals surface area contributed by atoms with Crippen molar-refractivity contribution in [2.45, 2.75) is 112 Å². The lowest BCUT2D eigenvalue weighted by Gasteiger charge is -2.34. The molecule has 3 aromatic rings. The third-order valence-electron chi connectivity index (χ3n) is 8.08. The second-order valence-corrected chi connectivity index (χ2v) is 16.9. The van der Waals surface area contributed by atoms with Crippen molar-refractivity contribution in [1.29, 1.82) is 0 Å². The van der Waals surface area contributed by atoms with Crippen LogP contribution in [0.4, 0.5) is 0 Å². The molecule has 0 aliphatic carbocycles. The van der Waals surface area contributed by atoms with Crippen molar-refractivity contribution in [2.24, 2.45) is 16.7 Å². The summed E-state index contributed by atoms with van der Waals surface area (Å²) in [6.45, 7) is 19.1. The molecule has 0 spiro atoms. The fourth-order valence-electron chi connectivity index (χ4n) is 5.43. The van der Waals surface area contributed by atoms with Crippen LogP contribution in [0.15, 0.2) is 54.6 Å². The standard InChI is InChI=1S/C39H59NO7S/c1-10-11-15-20-40-34(28-16-13-12-14-17-28)21-29-18-19-32(22-35(29)40)44-24-31(42)27-47-48-39(8,9)46-26-30(41)25-45-36(43)33(38(5,6)7)23-37(2,3)4/h12-14,16-19,21-22,30-31,33,41-42H,10-11,15,20,23-27H2,1-9H3. The number of aromatic nitrogens is 1. The van der Waals surface area contributed by atoms with E-state index >= 15 is 0 Å². The number of esters is 1. The molecule has 0 bridgehead atoms. The predicted molar refractivity (Wildman–Crippen MR) is 196 cm³/mol. The lowest BCUT2D eigenvalue weighted by molar-refractivity contribution is -0.158. The maximum absolute atomic E-state index is 12.9. The second kappa shape index (κ2) is 17.9. The van der Waals surface area contributed by atoms with Gasteiger partial charge in [0.1, 0.15) is 36.1 Å². The number of aliphatic hydroxyl groups excluding tert-OH is 2. The number of carbonyl (C=O) groups is 1. The molecule has 3 rings (SSSR count). The van der Waals surface area contributed by atoms with Crippen LogP contribution in [-0.2, 0) is 25.0 Å². The number of aryl methyl sites for hydroxylation is 1. The van der Waals surface area contributed by atoms with E-state index in [9.17, 15) is 15.0 Å². The van der Waals surface area contributed by atoms with Crippen LogP contribution in [0.1, 0.15) is 88.0 Å². The number of hydrogen-bond donors (Lipinski definition) is 2. The lowest BCUT2D eigenvalue weighted by atomic mass is 9.72. The van der Waals surface area contributed by atoms with Crippen LogP contribution in [0.3, 0.4) is 0 Å². The molecule has 2 aromatic carbocycles. The fourth-order valence-corrected chi connectivity index (χ4v) is 6.06. The van der Waals surface area contributed by atoms with Gasteiger partial charge in [0.05, 0.1) is 24.6 Å². The molecular weight excluding hydrogens is 626 g/mol. The van der Waals surface area contributed by atoms with Crippen LogP contribution in [0.5, 0.6) is 5.75 Å². The zero-order valence-electron chi connectivity index (χ0n) is 30.6. The molecule has 3 atom stereocenters. The van der Waals surface area contributed by atoms with Gasteiger partial charge in [0.2, 0.25) is 0 Å². The van der Waals surface area contributed by atoms with Gasteiger partial charge in [-0.2, -0.15) is 0 Å². The Hall–Kier alpha value is -2.56. The summed E-state index contributed by atoms with van der Waals surface area (Å²) in [5.74, 6) is 0.107. The molecule has 0 aliphatic heterocycles. The highest BCUT2D eigenvalue weighted by Crippen LogP contribution is 2.37. The molecule has 48 heavy (non-hydrogen) atoms. The Bertz CT molecular complexity index is 1410. The van der Waals surface area contributed by atoms with Crippen molar-refractivity contribution in [2.75, 3.05) is 26.4 Å². The Balaban J connectivity index is 1.46. The van der Waals surface area contributed by atoms with Crippen molar-refractivity contribution < 1.29 is 33.4 Å². The van der Waals surface area contributed by atoms with Crippen LogP contribution < -0.4 is 4.74 Å². The number of benzene rings is 2. The molecule has 3 unspecified atom stereocenters. The first kappa shape index (κ1) is 39.9. The van der Waals surface area contributed by atoms with Crippen molar-refractivity contribution >= 4 is 28.9 Å². The van der Waals surface area contributed by atoms with E-state index in [-0.39, 0.29) is 49.1 Å². The summed E-state index contributed by atoms with van der Waals surface area (Å²) in [5, 5.41) is 22.2. The average Bonchev–Trinajstić information content (AvgIpc) is 3.38. The number of unbranched alkanes of at least 4 members (excludes halogenated alkanes) is 2. The number of ether oxygens (including phenoxy) is 3. The highest BCUT2D eigenvalue weighted by molar-refractivity contribution is 7.95. The Kier molecular flexibility index (Phi) is 14.9. The van der Waals surface area contributed by atoms with Gasteiger partial charge in [0.15, 0.2) is 0 Å². The first-order valence-electron chi connectivity index (χ1n) is 17.3. The molecule has 0 amide bonds. The first-order valence-corrected chi connectivity index (χ1v) is 18.0. The molecule has 0 saturated heterocycles. The molecule has 0 radical (unpaired) electrons. The van der Waals surface area contributed by atoms with Crippen LogP contribution in [0.2, 0.25) is 0 Å². The Morgan fingerprint density at radius 2 is 1.54 bits per heavy atom. The number of hydrogen-bond acceptors (Lipinski definition) is 8. The first-order chi connectivity index (χ1) is 22.5. The number of carbonyl (C=O) groups excluding carboxylic acids is 1. The summed E-state index contributed by atoms with van der Waals surface area (Å²) >= 11 is 1.06. The highest BCUT2D eigenvalue weighted by atomic mass is 32.2. The van der Waals surface area contributed by atoms with Gasteiger partial charge in [-0.15, -0.1) is 0 Å². The zero-order valence-corrected chi connectivity index (χ0v) is 31.4. The molecule has 1 aromatic heterocycles. The van der Waals surface area contributed by atoms with Crippen molar-refractivity contribution in [1.82, 2.24) is 4.57 Å². The van der Waals surface area contributed by atoms with Crippen molar-refractivity contribution in [3.05, 3.63) is 54.6 Å². The molecule has 0 fully saturated rings. The van der Waals surface area contributed by atoms with Gasteiger partial charge < -0.3 is 33.2 Å². The second-order valence-electron chi connectivity index (χ2n) is 15.5. The van der Waals surface area contributed by atoms with Gasteiger partial charge in [-0.1, -0.05) is 91.6 Å². The molecule has 268 valence electrons. The fraction of sp³-hybridized carbons (Fsp3) is 0.615. The molecule has 1 heterocycles. The average molecular weight is 686 g/mol. The van der Waals surface area contributed by atoms with E-state index < -0.39 is 17.1 Å². The number of aliphatic hydroxyl groups is 2. The third kappa shape index (κ3) is 13.0. The predicted octanol–water partition coefficient (Wildman–Crippen LogP) is 8.66. The minimum absolute atomic E-state index is 0.0262. The smallest absolute Gasteiger partial charge is 0.309 e. The van der Waals surface area contributed by atoms with E-state index in [1.807, 2.05) is 52.8 Å². The van der Waals surface area contributed by atoms with Crippen LogP contribution in [0, 0.1) is 16.7 Å². The number of fused-ring (bicyclic) bond motifs is 1. The maximum atomic E-state index is 12.9. The van der Waals surface area contributed by atoms with E-state index in [0.717, 1.165) is 42.3 Å². The van der Waals surface area contributed by atoms with Crippen molar-refractivity contribution in [3.8, 4) is 17.0 Å². The molecular formula is C39H59NO7S. The molecule has 0 saturated carbocycles. The third-order valence-corrected chi connectivity index (χ3v) is 8.85. The van der Waals surface area contributed by atoms with E-state index in [0.29, 0.717) is 12.2 Å². The summed E-state index contributed by atoms with van der Waals surface area (Å²) in [4.78, 5) is 12.1. The molecule has 0 aliphatic rings. The van der Waals surface area contributed by atoms with Gasteiger partial charge in [-0.05, 0) is 61.3 Å². The maximum Gasteiger partial charge on any atom is 0.309 e. The summed E-state index contributed by atoms with van der Waals surface area (Å²) in [5.41, 5.74) is 3.20. The lowest BCUT2D eigenvalue weighted by Crippen LogP contribution is -2.36. The van der Waals surface area contributed by atoms with Gasteiger partial charge in [-0.3, -0.25) is 4.79 Å². The summed E-state index contributed by atoms with van der Waals surface area (Å²) < 4.78 is 25.4.